The quantitative estimate of drug-likeness (QED) is 0.440. The lowest BCUT2D eigenvalue weighted by Crippen LogP contribution is -2.35. The molecule has 2 aromatic rings. The number of phenolic OH excluding ortho intramolecular Hbond substituents is 1. The number of rotatable bonds is 5. The number of halogens is 2. The third-order valence-electron chi connectivity index (χ3n) is 3.69. The Hall–Kier alpha value is -3.10. The van der Waals surface area contributed by atoms with Crippen molar-refractivity contribution in [1.29, 1.82) is 0 Å². The Morgan fingerprint density at radius 3 is 2.71 bits per heavy atom. The SMILES string of the molecule is O=C(CC1N=C(NN=Cc2ccc(O)cc2)NC1=O)Nc1ccc(Cl)cc1Cl. The number of phenols is 1. The standard InChI is InChI=1S/C18H15Cl2N5O3/c19-11-3-6-14(13(20)7-11)22-16(27)8-15-17(28)24-18(23-15)25-21-9-10-1-4-12(26)5-2-10/h1-7,9,15,26H,8H2,(H,22,27)(H2,23,24,25,28). The average molecular weight is 420 g/mol. The van der Waals surface area contributed by atoms with Crippen LogP contribution >= 0.6 is 23.2 Å². The third-order valence-corrected chi connectivity index (χ3v) is 4.24. The first-order chi connectivity index (χ1) is 13.4. The predicted octanol–water partition coefficient (Wildman–Crippen LogP) is 2.51. The Bertz CT molecular complexity index is 960. The summed E-state index contributed by atoms with van der Waals surface area (Å²) in [5.74, 6) is -0.539. The summed E-state index contributed by atoms with van der Waals surface area (Å²) in [6, 6.07) is 10.2. The largest absolute Gasteiger partial charge is 0.508 e. The van der Waals surface area contributed by atoms with Gasteiger partial charge >= 0.3 is 0 Å². The van der Waals surface area contributed by atoms with Gasteiger partial charge in [-0.05, 0) is 48.0 Å². The number of hydrogen-bond donors (Lipinski definition) is 4. The van der Waals surface area contributed by atoms with E-state index in [-0.39, 0.29) is 18.1 Å². The second kappa shape index (κ2) is 8.73. The van der Waals surface area contributed by atoms with Gasteiger partial charge in [0.25, 0.3) is 5.91 Å². The number of guanidine groups is 1. The highest BCUT2D eigenvalue weighted by molar-refractivity contribution is 6.36. The molecule has 1 aliphatic heterocycles. The molecule has 0 radical (unpaired) electrons. The Kier molecular flexibility index (Phi) is 6.13. The minimum absolute atomic E-state index is 0.141. The van der Waals surface area contributed by atoms with Gasteiger partial charge in [0.05, 0.1) is 23.3 Å². The fraction of sp³-hybridized carbons (Fsp3) is 0.111. The Labute approximate surface area is 170 Å². The highest BCUT2D eigenvalue weighted by Crippen LogP contribution is 2.25. The van der Waals surface area contributed by atoms with Crippen LogP contribution in [0.1, 0.15) is 12.0 Å². The fourth-order valence-corrected chi connectivity index (χ4v) is 2.79. The number of aromatic hydroxyl groups is 1. The highest BCUT2D eigenvalue weighted by atomic mass is 35.5. The zero-order valence-electron chi connectivity index (χ0n) is 14.3. The molecule has 2 amide bonds. The normalized spacial score (nSPS) is 16.0. The van der Waals surface area contributed by atoms with E-state index in [1.165, 1.54) is 24.4 Å². The number of amides is 2. The number of carbonyl (C=O) groups is 2. The zero-order chi connectivity index (χ0) is 20.1. The lowest BCUT2D eigenvalue weighted by Gasteiger charge is -2.08. The second-order valence-corrected chi connectivity index (χ2v) is 6.66. The molecule has 8 nitrogen and oxygen atoms in total. The predicted molar refractivity (Wildman–Crippen MR) is 108 cm³/mol. The number of hydrogen-bond acceptors (Lipinski definition) is 6. The molecule has 1 heterocycles. The highest BCUT2D eigenvalue weighted by Gasteiger charge is 2.28. The molecular formula is C18H15Cl2N5O3. The smallest absolute Gasteiger partial charge is 0.252 e. The Morgan fingerprint density at radius 1 is 1.25 bits per heavy atom. The summed E-state index contributed by atoms with van der Waals surface area (Å²) in [6.45, 7) is 0. The van der Waals surface area contributed by atoms with E-state index in [1.54, 1.807) is 24.3 Å². The summed E-state index contributed by atoms with van der Waals surface area (Å²) in [4.78, 5) is 28.3. The molecule has 10 heteroatoms. The van der Waals surface area contributed by atoms with Gasteiger partial charge in [-0.2, -0.15) is 5.10 Å². The molecule has 1 aliphatic rings. The number of aliphatic imine (C=N–C) groups is 1. The van der Waals surface area contributed by atoms with Crippen LogP contribution in [-0.4, -0.2) is 35.1 Å². The maximum absolute atomic E-state index is 12.2. The van der Waals surface area contributed by atoms with Gasteiger partial charge in [0.1, 0.15) is 11.8 Å². The minimum Gasteiger partial charge on any atom is -0.508 e. The molecule has 2 aromatic carbocycles. The number of nitrogens with zero attached hydrogens (tertiary/aromatic N) is 2. The summed E-state index contributed by atoms with van der Waals surface area (Å²) < 4.78 is 0. The lowest BCUT2D eigenvalue weighted by atomic mass is 10.2. The van der Waals surface area contributed by atoms with Crippen molar-refractivity contribution >= 4 is 52.9 Å². The van der Waals surface area contributed by atoms with Gasteiger partial charge in [-0.25, -0.2) is 10.4 Å². The number of nitrogens with one attached hydrogen (secondary N) is 3. The van der Waals surface area contributed by atoms with Crippen molar-refractivity contribution in [2.75, 3.05) is 5.32 Å². The first-order valence-corrected chi connectivity index (χ1v) is 8.88. The summed E-state index contributed by atoms with van der Waals surface area (Å²) in [5, 5.41) is 19.1. The van der Waals surface area contributed by atoms with E-state index in [1.807, 2.05) is 0 Å². The Balaban J connectivity index is 1.55. The van der Waals surface area contributed by atoms with Gasteiger partial charge in [0.2, 0.25) is 11.9 Å². The molecule has 1 atom stereocenters. The van der Waals surface area contributed by atoms with E-state index >= 15 is 0 Å². The molecule has 144 valence electrons. The first kappa shape index (κ1) is 19.7. The molecule has 0 bridgehead atoms. The topological polar surface area (TPSA) is 115 Å². The zero-order valence-corrected chi connectivity index (χ0v) is 15.8. The molecule has 4 N–H and O–H groups in total. The number of anilines is 1. The van der Waals surface area contributed by atoms with Crippen molar-refractivity contribution in [3.8, 4) is 5.75 Å². The van der Waals surface area contributed by atoms with Crippen LogP contribution in [0.3, 0.4) is 0 Å². The fourth-order valence-electron chi connectivity index (χ4n) is 2.34. The van der Waals surface area contributed by atoms with Crippen LogP contribution in [0.15, 0.2) is 52.6 Å². The van der Waals surface area contributed by atoms with E-state index in [9.17, 15) is 14.7 Å². The number of hydrazone groups is 1. The van der Waals surface area contributed by atoms with Crippen molar-refractivity contribution in [1.82, 2.24) is 10.7 Å². The molecule has 3 rings (SSSR count). The monoisotopic (exact) mass is 419 g/mol. The van der Waals surface area contributed by atoms with Gasteiger partial charge in [-0.3, -0.25) is 14.9 Å². The maximum Gasteiger partial charge on any atom is 0.252 e. The molecule has 0 saturated carbocycles. The Morgan fingerprint density at radius 2 is 2.00 bits per heavy atom. The molecule has 28 heavy (non-hydrogen) atoms. The molecule has 0 fully saturated rings. The van der Waals surface area contributed by atoms with E-state index in [0.29, 0.717) is 15.7 Å². The van der Waals surface area contributed by atoms with Gasteiger partial charge < -0.3 is 10.4 Å². The van der Waals surface area contributed by atoms with E-state index in [0.717, 1.165) is 5.56 Å². The van der Waals surface area contributed by atoms with Crippen molar-refractivity contribution in [3.63, 3.8) is 0 Å². The summed E-state index contributed by atoms with van der Waals surface area (Å²) >= 11 is 11.8. The van der Waals surface area contributed by atoms with Crippen LogP contribution in [0.25, 0.3) is 0 Å². The average Bonchev–Trinajstić information content (AvgIpc) is 2.98. The van der Waals surface area contributed by atoms with Crippen LogP contribution in [0, 0.1) is 0 Å². The summed E-state index contributed by atoms with van der Waals surface area (Å²) in [6.07, 6.45) is 1.34. The summed E-state index contributed by atoms with van der Waals surface area (Å²) in [7, 11) is 0. The number of benzene rings is 2. The van der Waals surface area contributed by atoms with Crippen LogP contribution in [0.4, 0.5) is 5.69 Å². The van der Waals surface area contributed by atoms with Crippen LogP contribution in [0.2, 0.25) is 10.0 Å². The van der Waals surface area contributed by atoms with Gasteiger partial charge in [-0.1, -0.05) is 23.2 Å². The third kappa shape index (κ3) is 5.21. The van der Waals surface area contributed by atoms with Crippen LogP contribution < -0.4 is 16.1 Å². The molecule has 0 saturated heterocycles. The van der Waals surface area contributed by atoms with Crippen molar-refractivity contribution in [2.45, 2.75) is 12.5 Å². The first-order valence-electron chi connectivity index (χ1n) is 8.12. The molecule has 0 aliphatic carbocycles. The molecular weight excluding hydrogens is 405 g/mol. The van der Waals surface area contributed by atoms with Crippen molar-refractivity contribution < 1.29 is 14.7 Å². The van der Waals surface area contributed by atoms with Crippen molar-refractivity contribution in [3.05, 3.63) is 58.1 Å². The number of carbonyl (C=O) groups excluding carboxylic acids is 2. The summed E-state index contributed by atoms with van der Waals surface area (Å²) in [5.41, 5.74) is 3.74. The lowest BCUT2D eigenvalue weighted by molar-refractivity contribution is -0.123. The van der Waals surface area contributed by atoms with Gasteiger partial charge in [0.15, 0.2) is 0 Å². The molecule has 1 unspecified atom stereocenters. The van der Waals surface area contributed by atoms with E-state index in [4.69, 9.17) is 23.2 Å². The molecule has 0 spiro atoms. The molecule has 0 aromatic heterocycles. The maximum atomic E-state index is 12.2. The van der Waals surface area contributed by atoms with Crippen molar-refractivity contribution in [2.24, 2.45) is 10.1 Å². The minimum atomic E-state index is -0.877. The second-order valence-electron chi connectivity index (χ2n) is 5.82. The van der Waals surface area contributed by atoms with Crippen LogP contribution in [-0.2, 0) is 9.59 Å². The van der Waals surface area contributed by atoms with E-state index in [2.05, 4.69) is 26.2 Å². The van der Waals surface area contributed by atoms with Gasteiger partial charge in [0, 0.05) is 5.02 Å². The van der Waals surface area contributed by atoms with E-state index < -0.39 is 17.9 Å². The van der Waals surface area contributed by atoms with Crippen LogP contribution in [0.5, 0.6) is 5.75 Å². The van der Waals surface area contributed by atoms with Gasteiger partial charge in [-0.15, -0.1) is 0 Å².